The Bertz CT molecular complexity index is 1170. The second-order valence-corrected chi connectivity index (χ2v) is 8.52. The van der Waals surface area contributed by atoms with Crippen LogP contribution in [0.25, 0.3) is 21.8 Å². The highest BCUT2D eigenvalue weighted by Crippen LogP contribution is 2.33. The number of para-hydroxylation sites is 1. The molecule has 0 aliphatic carbocycles. The molecule has 4 rings (SSSR count). The number of hydrogen-bond acceptors (Lipinski definition) is 4. The van der Waals surface area contributed by atoms with Gasteiger partial charge in [0.15, 0.2) is 0 Å². The number of nitrogens with zero attached hydrogens (tertiary/aromatic N) is 2. The summed E-state index contributed by atoms with van der Waals surface area (Å²) in [5.74, 6) is 0.713. The summed E-state index contributed by atoms with van der Waals surface area (Å²) < 4.78 is 6.65. The SMILES string of the molecule is COc1ccccc1-c1nc(C)c(-c2ccc(C)s2)[n+]([O-])c1CCc1ccccc1. The molecule has 0 atom stereocenters. The lowest BCUT2D eigenvalue weighted by Crippen LogP contribution is -2.37. The smallest absolute Gasteiger partial charge is 0.255 e. The fourth-order valence-electron chi connectivity index (χ4n) is 3.69. The number of hydrogen-bond donors (Lipinski definition) is 0. The maximum Gasteiger partial charge on any atom is 0.255 e. The van der Waals surface area contributed by atoms with Crippen molar-refractivity contribution in [3.8, 4) is 27.6 Å². The van der Waals surface area contributed by atoms with Crippen molar-refractivity contribution in [2.75, 3.05) is 7.11 Å². The minimum Gasteiger partial charge on any atom is -0.618 e. The number of aryl methyl sites for hydroxylation is 3. The molecule has 0 aliphatic heterocycles. The topological polar surface area (TPSA) is 49.1 Å². The first-order valence-electron chi connectivity index (χ1n) is 9.95. The predicted octanol–water partition coefficient (Wildman–Crippen LogP) is 5.52. The number of thiophene rings is 1. The third kappa shape index (κ3) is 3.94. The molecule has 0 fully saturated rings. The van der Waals surface area contributed by atoms with E-state index < -0.39 is 0 Å². The van der Waals surface area contributed by atoms with Crippen molar-refractivity contribution in [1.82, 2.24) is 4.98 Å². The third-order valence-corrected chi connectivity index (χ3v) is 6.18. The Morgan fingerprint density at radius 2 is 1.67 bits per heavy atom. The van der Waals surface area contributed by atoms with Crippen molar-refractivity contribution in [2.24, 2.45) is 0 Å². The lowest BCUT2D eigenvalue weighted by Gasteiger charge is -2.16. The average molecular weight is 417 g/mol. The highest BCUT2D eigenvalue weighted by atomic mass is 32.1. The van der Waals surface area contributed by atoms with Crippen molar-refractivity contribution in [3.63, 3.8) is 0 Å². The van der Waals surface area contributed by atoms with Crippen LogP contribution in [-0.2, 0) is 12.8 Å². The van der Waals surface area contributed by atoms with E-state index in [1.165, 1.54) is 10.4 Å². The highest BCUT2D eigenvalue weighted by Gasteiger charge is 2.26. The van der Waals surface area contributed by atoms with Gasteiger partial charge in [0.1, 0.15) is 22.0 Å². The maximum atomic E-state index is 13.7. The van der Waals surface area contributed by atoms with E-state index in [9.17, 15) is 5.21 Å². The summed E-state index contributed by atoms with van der Waals surface area (Å²) in [5, 5.41) is 13.7. The van der Waals surface area contributed by atoms with E-state index in [1.54, 1.807) is 18.4 Å². The van der Waals surface area contributed by atoms with E-state index in [0.717, 1.165) is 27.3 Å². The summed E-state index contributed by atoms with van der Waals surface area (Å²) in [7, 11) is 1.64. The van der Waals surface area contributed by atoms with Crippen molar-refractivity contribution in [2.45, 2.75) is 26.7 Å². The van der Waals surface area contributed by atoms with Crippen molar-refractivity contribution in [1.29, 1.82) is 0 Å². The quantitative estimate of drug-likeness (QED) is 0.307. The standard InChI is InChI=1S/C25H24N2O2S/c1-17-13-16-23(30-17)25-18(2)26-24(20-11-7-8-12-22(20)29-3)21(27(25)28)15-14-19-9-5-4-6-10-19/h4-13,16H,14-15H2,1-3H3. The minimum absolute atomic E-state index is 0.589. The van der Waals surface area contributed by atoms with Gasteiger partial charge in [-0.25, -0.2) is 4.98 Å². The van der Waals surface area contributed by atoms with Crippen LogP contribution < -0.4 is 9.47 Å². The summed E-state index contributed by atoms with van der Waals surface area (Å²) in [6.07, 6.45) is 1.35. The lowest BCUT2D eigenvalue weighted by atomic mass is 10.0. The molecular weight excluding hydrogens is 392 g/mol. The highest BCUT2D eigenvalue weighted by molar-refractivity contribution is 7.15. The van der Waals surface area contributed by atoms with Crippen molar-refractivity contribution >= 4 is 11.3 Å². The molecule has 0 bridgehead atoms. The van der Waals surface area contributed by atoms with Gasteiger partial charge in [-0.3, -0.25) is 0 Å². The summed E-state index contributed by atoms with van der Waals surface area (Å²) >= 11 is 1.62. The van der Waals surface area contributed by atoms with Gasteiger partial charge in [-0.2, -0.15) is 4.73 Å². The minimum atomic E-state index is 0.589. The molecule has 152 valence electrons. The first kappa shape index (κ1) is 20.1. The molecule has 30 heavy (non-hydrogen) atoms. The molecule has 5 heteroatoms. The molecule has 0 saturated heterocycles. The van der Waals surface area contributed by atoms with Crippen LogP contribution in [0.3, 0.4) is 0 Å². The summed E-state index contributed by atoms with van der Waals surface area (Å²) in [6.45, 7) is 3.95. The monoisotopic (exact) mass is 416 g/mol. The fraction of sp³-hybridized carbons (Fsp3) is 0.200. The van der Waals surface area contributed by atoms with Gasteiger partial charge in [0, 0.05) is 16.9 Å². The first-order valence-corrected chi connectivity index (χ1v) is 10.8. The normalized spacial score (nSPS) is 10.9. The number of ether oxygens (including phenoxy) is 1. The van der Waals surface area contributed by atoms with E-state index in [1.807, 2.05) is 68.4 Å². The maximum absolute atomic E-state index is 13.7. The summed E-state index contributed by atoms with van der Waals surface area (Å²) in [5.41, 5.74) is 4.73. The van der Waals surface area contributed by atoms with E-state index in [0.29, 0.717) is 29.3 Å². The van der Waals surface area contributed by atoms with Crippen LogP contribution in [0.15, 0.2) is 66.7 Å². The molecular formula is C25H24N2O2S. The zero-order chi connectivity index (χ0) is 21.1. The van der Waals surface area contributed by atoms with Crippen LogP contribution in [0, 0.1) is 19.1 Å². The molecule has 0 saturated carbocycles. The number of aromatic nitrogens is 2. The van der Waals surface area contributed by atoms with E-state index in [4.69, 9.17) is 9.72 Å². The van der Waals surface area contributed by atoms with Crippen LogP contribution in [0.2, 0.25) is 0 Å². The number of benzene rings is 2. The van der Waals surface area contributed by atoms with Crippen LogP contribution in [0.4, 0.5) is 0 Å². The zero-order valence-corrected chi connectivity index (χ0v) is 18.2. The van der Waals surface area contributed by atoms with Crippen LogP contribution in [-0.4, -0.2) is 12.1 Å². The Hall–Kier alpha value is -3.18. The molecule has 2 aromatic carbocycles. The predicted molar refractivity (Wildman–Crippen MR) is 122 cm³/mol. The molecule has 0 spiro atoms. The Kier molecular flexibility index (Phi) is 5.81. The van der Waals surface area contributed by atoms with Gasteiger partial charge >= 0.3 is 0 Å². The number of methoxy groups -OCH3 is 1. The number of rotatable bonds is 6. The van der Waals surface area contributed by atoms with Gasteiger partial charge in [-0.1, -0.05) is 42.5 Å². The van der Waals surface area contributed by atoms with Crippen LogP contribution in [0.1, 0.15) is 21.8 Å². The Labute approximate surface area is 181 Å². The molecule has 0 amide bonds. The molecule has 2 aromatic heterocycles. The largest absolute Gasteiger partial charge is 0.618 e. The first-order chi connectivity index (χ1) is 14.6. The van der Waals surface area contributed by atoms with Gasteiger partial charge < -0.3 is 9.94 Å². The van der Waals surface area contributed by atoms with Crippen LogP contribution in [0.5, 0.6) is 5.75 Å². The molecule has 2 heterocycles. The second kappa shape index (κ2) is 8.67. The van der Waals surface area contributed by atoms with Gasteiger partial charge in [0.25, 0.3) is 5.69 Å². The van der Waals surface area contributed by atoms with Crippen LogP contribution >= 0.6 is 11.3 Å². The molecule has 0 unspecified atom stereocenters. The molecule has 0 radical (unpaired) electrons. The van der Waals surface area contributed by atoms with Gasteiger partial charge in [0.05, 0.1) is 7.11 Å². The van der Waals surface area contributed by atoms with Gasteiger partial charge in [-0.15, -0.1) is 11.3 Å². The van der Waals surface area contributed by atoms with Crippen molar-refractivity contribution in [3.05, 3.63) is 93.8 Å². The van der Waals surface area contributed by atoms with Crippen molar-refractivity contribution < 1.29 is 9.47 Å². The van der Waals surface area contributed by atoms with Gasteiger partial charge in [-0.05, 0) is 50.1 Å². The second-order valence-electron chi connectivity index (χ2n) is 7.23. The van der Waals surface area contributed by atoms with E-state index in [2.05, 4.69) is 12.1 Å². The molecule has 4 nitrogen and oxygen atoms in total. The van der Waals surface area contributed by atoms with E-state index >= 15 is 0 Å². The summed E-state index contributed by atoms with van der Waals surface area (Å²) in [6, 6.07) is 22.0. The molecule has 4 aromatic rings. The lowest BCUT2D eigenvalue weighted by molar-refractivity contribution is -0.602. The third-order valence-electron chi connectivity index (χ3n) is 5.17. The van der Waals surface area contributed by atoms with E-state index in [-0.39, 0.29) is 0 Å². The fourth-order valence-corrected chi connectivity index (χ4v) is 4.63. The Balaban J connectivity index is 1.88. The molecule has 0 aliphatic rings. The van der Waals surface area contributed by atoms with Gasteiger partial charge in [0.2, 0.25) is 5.69 Å². The Morgan fingerprint density at radius 3 is 2.37 bits per heavy atom. The summed E-state index contributed by atoms with van der Waals surface area (Å²) in [4.78, 5) is 7.03. The molecule has 0 N–H and O–H groups in total. The average Bonchev–Trinajstić information content (AvgIpc) is 3.19. The zero-order valence-electron chi connectivity index (χ0n) is 17.4. The Morgan fingerprint density at radius 1 is 0.933 bits per heavy atom.